The first-order chi connectivity index (χ1) is 13.6. The second-order valence-electron chi connectivity index (χ2n) is 6.94. The van der Waals surface area contributed by atoms with Crippen LogP contribution in [0.4, 0.5) is 0 Å². The molecule has 1 aromatic carbocycles. The predicted molar refractivity (Wildman–Crippen MR) is 108 cm³/mol. The van der Waals surface area contributed by atoms with E-state index in [1.807, 2.05) is 0 Å². The molecule has 11 heteroatoms. The van der Waals surface area contributed by atoms with Gasteiger partial charge in [-0.05, 0) is 32.4 Å². The maximum Gasteiger partial charge on any atom is 0.246 e. The van der Waals surface area contributed by atoms with Crippen molar-refractivity contribution in [1.82, 2.24) is 18.4 Å². The number of ether oxygens (including phenoxy) is 1. The SMILES string of the molecule is COc1ccccc1S(=O)(=O)N1CCCN(S(=O)(=O)c2c(C)nn(C)c2C)CC1. The lowest BCUT2D eigenvalue weighted by atomic mass is 10.3. The van der Waals surface area contributed by atoms with Crippen molar-refractivity contribution in [2.24, 2.45) is 7.05 Å². The molecule has 3 rings (SSSR count). The van der Waals surface area contributed by atoms with Crippen molar-refractivity contribution in [3.63, 3.8) is 0 Å². The lowest BCUT2D eigenvalue weighted by Gasteiger charge is -2.22. The standard InChI is InChI=1S/C18H26N4O5S2/c1-14-18(15(2)20(3)19-14)29(25,26)22-11-7-10-21(12-13-22)28(23,24)17-9-6-5-8-16(17)27-4/h5-6,8-9H,7,10-13H2,1-4H3. The summed E-state index contributed by atoms with van der Waals surface area (Å²) in [5.41, 5.74) is 0.998. The minimum Gasteiger partial charge on any atom is -0.495 e. The molecule has 0 spiro atoms. The lowest BCUT2D eigenvalue weighted by Crippen LogP contribution is -2.37. The molecule has 1 fully saturated rings. The second-order valence-corrected chi connectivity index (χ2v) is 10.7. The fraction of sp³-hybridized carbons (Fsp3) is 0.500. The van der Waals surface area contributed by atoms with Crippen molar-refractivity contribution in [3.05, 3.63) is 35.7 Å². The molecule has 2 aromatic rings. The Morgan fingerprint density at radius 2 is 1.52 bits per heavy atom. The molecule has 2 heterocycles. The van der Waals surface area contributed by atoms with Crippen LogP contribution in [0.5, 0.6) is 5.75 Å². The summed E-state index contributed by atoms with van der Waals surface area (Å²) in [6.07, 6.45) is 0.395. The summed E-state index contributed by atoms with van der Waals surface area (Å²) in [4.78, 5) is 0.277. The smallest absolute Gasteiger partial charge is 0.246 e. The van der Waals surface area contributed by atoms with Crippen molar-refractivity contribution >= 4 is 20.0 Å². The van der Waals surface area contributed by atoms with Crippen LogP contribution in [0, 0.1) is 13.8 Å². The molecular formula is C18H26N4O5S2. The Bertz CT molecular complexity index is 1110. The molecule has 1 saturated heterocycles. The van der Waals surface area contributed by atoms with Gasteiger partial charge in [0.05, 0.1) is 18.5 Å². The van der Waals surface area contributed by atoms with Gasteiger partial charge in [-0.3, -0.25) is 4.68 Å². The number of para-hydroxylation sites is 1. The predicted octanol–water partition coefficient (Wildman–Crippen LogP) is 1.13. The van der Waals surface area contributed by atoms with Gasteiger partial charge < -0.3 is 4.74 Å². The zero-order valence-corrected chi connectivity index (χ0v) is 18.6. The summed E-state index contributed by atoms with van der Waals surface area (Å²) < 4.78 is 62.1. The van der Waals surface area contributed by atoms with E-state index >= 15 is 0 Å². The minimum absolute atomic E-state index is 0.0674. The molecule has 0 atom stereocenters. The highest BCUT2D eigenvalue weighted by Crippen LogP contribution is 2.28. The van der Waals surface area contributed by atoms with E-state index in [0.29, 0.717) is 17.8 Å². The third-order valence-corrected chi connectivity index (χ3v) is 9.23. The van der Waals surface area contributed by atoms with Crippen LogP contribution in [0.3, 0.4) is 0 Å². The third-order valence-electron chi connectivity index (χ3n) is 5.14. The molecule has 1 aliphatic heterocycles. The number of methoxy groups -OCH3 is 1. The molecule has 160 valence electrons. The van der Waals surface area contributed by atoms with Gasteiger partial charge in [0.15, 0.2) is 0 Å². The fourth-order valence-corrected chi connectivity index (χ4v) is 7.07. The van der Waals surface area contributed by atoms with E-state index in [1.165, 1.54) is 21.8 Å². The van der Waals surface area contributed by atoms with Crippen LogP contribution in [-0.2, 0) is 27.1 Å². The maximum absolute atomic E-state index is 13.2. The highest BCUT2D eigenvalue weighted by molar-refractivity contribution is 7.89. The van der Waals surface area contributed by atoms with Crippen LogP contribution in [-0.4, -0.2) is 68.5 Å². The Kier molecular flexibility index (Phi) is 6.04. The van der Waals surface area contributed by atoms with Crippen LogP contribution < -0.4 is 4.74 Å². The van der Waals surface area contributed by atoms with Crippen molar-refractivity contribution in [1.29, 1.82) is 0 Å². The summed E-state index contributed by atoms with van der Waals surface area (Å²) in [7, 11) is -4.45. The van der Waals surface area contributed by atoms with E-state index in [1.54, 1.807) is 43.8 Å². The van der Waals surface area contributed by atoms with Crippen LogP contribution in [0.15, 0.2) is 34.1 Å². The van der Waals surface area contributed by atoms with Crippen LogP contribution in [0.1, 0.15) is 17.8 Å². The average Bonchev–Trinajstić information content (AvgIpc) is 2.85. The molecule has 1 aromatic heterocycles. The van der Waals surface area contributed by atoms with Crippen molar-refractivity contribution < 1.29 is 21.6 Å². The van der Waals surface area contributed by atoms with Gasteiger partial charge in [0.1, 0.15) is 15.5 Å². The van der Waals surface area contributed by atoms with Crippen LogP contribution in [0.25, 0.3) is 0 Å². The summed E-state index contributed by atoms with van der Waals surface area (Å²) in [6.45, 7) is 3.99. The second kappa shape index (κ2) is 8.05. The molecule has 9 nitrogen and oxygen atoms in total. The number of sulfonamides is 2. The summed E-state index contributed by atoms with van der Waals surface area (Å²) >= 11 is 0. The number of aromatic nitrogens is 2. The molecule has 0 aliphatic carbocycles. The van der Waals surface area contributed by atoms with Crippen molar-refractivity contribution in [2.75, 3.05) is 33.3 Å². The van der Waals surface area contributed by atoms with Gasteiger partial charge in [-0.1, -0.05) is 12.1 Å². The van der Waals surface area contributed by atoms with E-state index in [4.69, 9.17) is 4.74 Å². The first-order valence-electron chi connectivity index (χ1n) is 9.24. The van der Waals surface area contributed by atoms with E-state index in [9.17, 15) is 16.8 Å². The van der Waals surface area contributed by atoms with Gasteiger partial charge in [0, 0.05) is 33.2 Å². The normalized spacial score (nSPS) is 17.2. The van der Waals surface area contributed by atoms with Gasteiger partial charge in [-0.2, -0.15) is 13.7 Å². The molecule has 0 bridgehead atoms. The Balaban J connectivity index is 1.87. The van der Waals surface area contributed by atoms with E-state index in [2.05, 4.69) is 5.10 Å². The quantitative estimate of drug-likeness (QED) is 0.688. The fourth-order valence-electron chi connectivity index (χ4n) is 3.58. The first-order valence-corrected chi connectivity index (χ1v) is 12.1. The molecule has 0 amide bonds. The monoisotopic (exact) mass is 442 g/mol. The molecule has 29 heavy (non-hydrogen) atoms. The first kappa shape index (κ1) is 21.8. The number of aryl methyl sites for hydroxylation is 2. The number of nitrogens with zero attached hydrogens (tertiary/aromatic N) is 4. The Hall–Kier alpha value is -1.95. The highest BCUT2D eigenvalue weighted by Gasteiger charge is 2.35. The van der Waals surface area contributed by atoms with Gasteiger partial charge >= 0.3 is 0 Å². The Labute approximate surface area is 172 Å². The Morgan fingerprint density at radius 3 is 2.07 bits per heavy atom. The third kappa shape index (κ3) is 3.91. The highest BCUT2D eigenvalue weighted by atomic mass is 32.2. The molecule has 0 unspecified atom stereocenters. The minimum atomic E-state index is -3.80. The topological polar surface area (TPSA) is 102 Å². The number of rotatable bonds is 5. The van der Waals surface area contributed by atoms with Gasteiger partial charge in [-0.25, -0.2) is 16.8 Å². The number of hydrogen-bond acceptors (Lipinski definition) is 6. The largest absolute Gasteiger partial charge is 0.495 e. The van der Waals surface area contributed by atoms with Gasteiger partial charge in [0.2, 0.25) is 20.0 Å². The van der Waals surface area contributed by atoms with Gasteiger partial charge in [0.25, 0.3) is 0 Å². The molecule has 1 aliphatic rings. The van der Waals surface area contributed by atoms with Crippen molar-refractivity contribution in [2.45, 2.75) is 30.1 Å². The number of benzene rings is 1. The molecule has 0 saturated carbocycles. The molecule has 0 radical (unpaired) electrons. The van der Waals surface area contributed by atoms with Crippen LogP contribution >= 0.6 is 0 Å². The summed E-state index contributed by atoms with van der Waals surface area (Å²) in [5.74, 6) is 0.267. The number of hydrogen-bond donors (Lipinski definition) is 0. The molecule has 0 N–H and O–H groups in total. The molecular weight excluding hydrogens is 416 g/mol. The summed E-state index contributed by atoms with van der Waals surface area (Å²) in [6, 6.07) is 6.43. The zero-order valence-electron chi connectivity index (χ0n) is 17.0. The lowest BCUT2D eigenvalue weighted by molar-refractivity contribution is 0.388. The maximum atomic E-state index is 13.2. The van der Waals surface area contributed by atoms with E-state index in [0.717, 1.165) is 0 Å². The van der Waals surface area contributed by atoms with Gasteiger partial charge in [-0.15, -0.1) is 0 Å². The van der Waals surface area contributed by atoms with Crippen LogP contribution in [0.2, 0.25) is 0 Å². The van der Waals surface area contributed by atoms with Crippen molar-refractivity contribution in [3.8, 4) is 5.75 Å². The van der Waals surface area contributed by atoms with E-state index in [-0.39, 0.29) is 41.7 Å². The Morgan fingerprint density at radius 1 is 0.931 bits per heavy atom. The zero-order chi connectivity index (χ0) is 21.4. The summed E-state index contributed by atoms with van der Waals surface area (Å²) in [5, 5.41) is 4.20. The average molecular weight is 443 g/mol. The van der Waals surface area contributed by atoms with E-state index < -0.39 is 20.0 Å².